The van der Waals surface area contributed by atoms with E-state index in [0.717, 1.165) is 15.8 Å². The molecule has 10 nitrogen and oxygen atoms in total. The van der Waals surface area contributed by atoms with Crippen LogP contribution in [0.1, 0.15) is 16.7 Å². The molecule has 3 rings (SSSR count). The first-order chi connectivity index (χ1) is 15.3. The second-order valence-electron chi connectivity index (χ2n) is 6.71. The lowest BCUT2D eigenvalue weighted by atomic mass is 10.1. The molecular weight excluding hydrogens is 438 g/mol. The minimum atomic E-state index is -0.553. The Labute approximate surface area is 188 Å². The van der Waals surface area contributed by atoms with Crippen LogP contribution in [0.25, 0.3) is 0 Å². The fourth-order valence-corrected chi connectivity index (χ4v) is 3.02. The molecule has 0 atom stereocenters. The van der Waals surface area contributed by atoms with Gasteiger partial charge in [-0.2, -0.15) is 10.2 Å². The molecule has 11 heteroatoms. The molecule has 1 N–H and O–H groups in total. The van der Waals surface area contributed by atoms with Gasteiger partial charge in [0.15, 0.2) is 5.75 Å². The van der Waals surface area contributed by atoms with E-state index in [2.05, 4.69) is 15.6 Å². The number of hydrogen-bond donors (Lipinski definition) is 1. The normalized spacial score (nSPS) is 10.9. The van der Waals surface area contributed by atoms with Gasteiger partial charge in [0.05, 0.1) is 24.4 Å². The highest BCUT2D eigenvalue weighted by Crippen LogP contribution is 2.38. The van der Waals surface area contributed by atoms with Gasteiger partial charge in [0, 0.05) is 18.7 Å². The van der Waals surface area contributed by atoms with Crippen LogP contribution in [-0.4, -0.2) is 28.0 Å². The van der Waals surface area contributed by atoms with E-state index < -0.39 is 10.5 Å². The summed E-state index contributed by atoms with van der Waals surface area (Å²) in [6, 6.07) is 10.5. The van der Waals surface area contributed by atoms with E-state index in [0.29, 0.717) is 5.56 Å². The predicted octanol–water partition coefficient (Wildman–Crippen LogP) is 3.68. The number of anilines is 1. The second-order valence-corrected chi connectivity index (χ2v) is 7.09. The van der Waals surface area contributed by atoms with Crippen LogP contribution in [0.5, 0.6) is 11.5 Å². The SMILES string of the molecule is COc1cc(/C=N\Nc2cnn(C)c(=O)c2Cl)cc([N+](=O)[O-])c1OCc1ccccc1C. The first kappa shape index (κ1) is 22.8. The standard InChI is InChI=1S/C21H20ClN5O5/c1-13-6-4-5-7-15(13)12-32-20-17(27(29)30)8-14(9-18(20)31-3)10-23-25-16-11-24-26(2)21(28)19(16)22/h4-11,25H,12H2,1-3H3/b23-10-. The zero-order valence-electron chi connectivity index (χ0n) is 17.5. The first-order valence-corrected chi connectivity index (χ1v) is 9.74. The number of methoxy groups -OCH3 is 1. The molecule has 32 heavy (non-hydrogen) atoms. The van der Waals surface area contributed by atoms with E-state index in [4.69, 9.17) is 21.1 Å². The van der Waals surface area contributed by atoms with Crippen LogP contribution in [0.15, 0.2) is 52.5 Å². The summed E-state index contributed by atoms with van der Waals surface area (Å²) in [6.07, 6.45) is 2.67. The van der Waals surface area contributed by atoms with Gasteiger partial charge in [-0.1, -0.05) is 35.9 Å². The van der Waals surface area contributed by atoms with Gasteiger partial charge in [-0.05, 0) is 24.1 Å². The third-order valence-electron chi connectivity index (χ3n) is 4.58. The van der Waals surface area contributed by atoms with Crippen molar-refractivity contribution in [3.63, 3.8) is 0 Å². The zero-order chi connectivity index (χ0) is 23.3. The van der Waals surface area contributed by atoms with Gasteiger partial charge in [0.2, 0.25) is 5.75 Å². The molecule has 0 radical (unpaired) electrons. The number of hydrogen-bond acceptors (Lipinski definition) is 8. The Morgan fingerprint density at radius 3 is 2.78 bits per heavy atom. The van der Waals surface area contributed by atoms with Crippen LogP contribution >= 0.6 is 11.6 Å². The molecule has 1 aromatic heterocycles. The van der Waals surface area contributed by atoms with Crippen molar-refractivity contribution in [2.75, 3.05) is 12.5 Å². The van der Waals surface area contributed by atoms with E-state index in [9.17, 15) is 14.9 Å². The van der Waals surface area contributed by atoms with E-state index in [-0.39, 0.29) is 34.5 Å². The van der Waals surface area contributed by atoms with Crippen molar-refractivity contribution in [3.8, 4) is 11.5 Å². The van der Waals surface area contributed by atoms with Gasteiger partial charge in [-0.25, -0.2) is 4.68 Å². The molecular formula is C21H20ClN5O5. The number of hydrazone groups is 1. The quantitative estimate of drug-likeness (QED) is 0.311. The van der Waals surface area contributed by atoms with E-state index in [1.807, 2.05) is 31.2 Å². The van der Waals surface area contributed by atoms with Gasteiger partial charge in [0.25, 0.3) is 5.56 Å². The van der Waals surface area contributed by atoms with Crippen LogP contribution in [-0.2, 0) is 13.7 Å². The highest BCUT2D eigenvalue weighted by molar-refractivity contribution is 6.32. The predicted molar refractivity (Wildman–Crippen MR) is 121 cm³/mol. The number of nitro groups is 1. The fraction of sp³-hybridized carbons (Fsp3) is 0.190. The van der Waals surface area contributed by atoms with Crippen LogP contribution < -0.4 is 20.5 Å². The molecule has 0 bridgehead atoms. The lowest BCUT2D eigenvalue weighted by molar-refractivity contribution is -0.386. The molecule has 2 aromatic carbocycles. The molecule has 0 saturated carbocycles. The Kier molecular flexibility index (Phi) is 7.06. The number of aromatic nitrogens is 2. The number of rotatable bonds is 8. The largest absolute Gasteiger partial charge is 0.493 e. The number of halogens is 1. The molecule has 0 amide bonds. The molecule has 0 spiro atoms. The van der Waals surface area contributed by atoms with Gasteiger partial charge in [-0.15, -0.1) is 0 Å². The Hall–Kier alpha value is -3.92. The van der Waals surface area contributed by atoms with Crippen LogP contribution in [0.4, 0.5) is 11.4 Å². The van der Waals surface area contributed by atoms with Crippen LogP contribution in [0.2, 0.25) is 5.02 Å². The average Bonchev–Trinajstić information content (AvgIpc) is 2.78. The summed E-state index contributed by atoms with van der Waals surface area (Å²) < 4.78 is 12.2. The molecule has 0 aliphatic rings. The summed E-state index contributed by atoms with van der Waals surface area (Å²) in [7, 11) is 2.86. The molecule has 0 aliphatic heterocycles. The van der Waals surface area contributed by atoms with Crippen molar-refractivity contribution in [2.24, 2.45) is 12.1 Å². The highest BCUT2D eigenvalue weighted by Gasteiger charge is 2.22. The molecule has 3 aromatic rings. The van der Waals surface area contributed by atoms with Crippen molar-refractivity contribution in [1.29, 1.82) is 0 Å². The highest BCUT2D eigenvalue weighted by atomic mass is 35.5. The molecule has 0 unspecified atom stereocenters. The Morgan fingerprint density at radius 1 is 1.34 bits per heavy atom. The Balaban J connectivity index is 1.87. The zero-order valence-corrected chi connectivity index (χ0v) is 18.3. The summed E-state index contributed by atoms with van der Waals surface area (Å²) in [6.45, 7) is 2.08. The fourth-order valence-electron chi connectivity index (χ4n) is 2.80. The van der Waals surface area contributed by atoms with Gasteiger partial charge in [-0.3, -0.25) is 20.3 Å². The van der Waals surface area contributed by atoms with Gasteiger partial charge >= 0.3 is 5.69 Å². The lowest BCUT2D eigenvalue weighted by Gasteiger charge is -2.13. The minimum Gasteiger partial charge on any atom is -0.493 e. The van der Waals surface area contributed by atoms with Crippen molar-refractivity contribution >= 4 is 29.2 Å². The van der Waals surface area contributed by atoms with Crippen LogP contribution in [0, 0.1) is 17.0 Å². The monoisotopic (exact) mass is 457 g/mol. The summed E-state index contributed by atoms with van der Waals surface area (Å²) >= 11 is 5.98. The van der Waals surface area contributed by atoms with E-state index in [1.54, 1.807) is 6.07 Å². The Morgan fingerprint density at radius 2 is 2.09 bits per heavy atom. The van der Waals surface area contributed by atoms with Crippen LogP contribution in [0.3, 0.4) is 0 Å². The summed E-state index contributed by atoms with van der Waals surface area (Å²) in [5.41, 5.74) is 4.33. The molecule has 0 aliphatic carbocycles. The lowest BCUT2D eigenvalue weighted by Crippen LogP contribution is -2.20. The van der Waals surface area contributed by atoms with Crippen molar-refractivity contribution in [3.05, 3.63) is 84.8 Å². The van der Waals surface area contributed by atoms with Gasteiger partial charge < -0.3 is 9.47 Å². The maximum absolute atomic E-state index is 11.8. The van der Waals surface area contributed by atoms with Crippen molar-refractivity contribution < 1.29 is 14.4 Å². The molecule has 1 heterocycles. The van der Waals surface area contributed by atoms with E-state index in [1.165, 1.54) is 32.6 Å². The molecule has 0 saturated heterocycles. The third kappa shape index (κ3) is 5.03. The summed E-state index contributed by atoms with van der Waals surface area (Å²) in [5, 5.41) is 19.4. The third-order valence-corrected chi connectivity index (χ3v) is 4.95. The second kappa shape index (κ2) is 9.92. The topological polar surface area (TPSA) is 121 Å². The number of nitrogens with zero attached hydrogens (tertiary/aromatic N) is 4. The number of nitrogens with one attached hydrogen (secondary N) is 1. The van der Waals surface area contributed by atoms with Crippen molar-refractivity contribution in [2.45, 2.75) is 13.5 Å². The summed E-state index contributed by atoms with van der Waals surface area (Å²) in [4.78, 5) is 22.9. The van der Waals surface area contributed by atoms with Crippen molar-refractivity contribution in [1.82, 2.24) is 9.78 Å². The smallest absolute Gasteiger partial charge is 0.315 e. The Bertz CT molecular complexity index is 1240. The first-order valence-electron chi connectivity index (χ1n) is 9.36. The van der Waals surface area contributed by atoms with Gasteiger partial charge in [0.1, 0.15) is 17.3 Å². The number of ether oxygens (including phenoxy) is 2. The number of benzene rings is 2. The molecule has 0 fully saturated rings. The average molecular weight is 458 g/mol. The molecule has 166 valence electrons. The van der Waals surface area contributed by atoms with E-state index >= 15 is 0 Å². The number of nitro benzene ring substituents is 1. The maximum Gasteiger partial charge on any atom is 0.315 e. The number of aryl methyl sites for hydroxylation is 2. The maximum atomic E-state index is 11.8. The minimum absolute atomic E-state index is 0.0182. The summed E-state index contributed by atoms with van der Waals surface area (Å²) in [5.74, 6) is 0.201.